The van der Waals surface area contributed by atoms with Gasteiger partial charge in [-0.1, -0.05) is 25.5 Å². The van der Waals surface area contributed by atoms with Crippen molar-refractivity contribution in [2.45, 2.75) is 52.1 Å². The van der Waals surface area contributed by atoms with Gasteiger partial charge in [0.2, 0.25) is 0 Å². The topological polar surface area (TPSA) is 36.9 Å². The molecule has 20 heavy (non-hydrogen) atoms. The third-order valence-electron chi connectivity index (χ3n) is 3.83. The molecule has 0 bridgehead atoms. The number of hydrogen-bond donors (Lipinski definition) is 0. The monoisotopic (exact) mass is 284 g/mol. The first-order valence-corrected chi connectivity index (χ1v) is 7.91. The summed E-state index contributed by atoms with van der Waals surface area (Å²) in [6, 6.07) is 0. The Balaban J connectivity index is 1.58. The van der Waals surface area contributed by atoms with Gasteiger partial charge in [0.15, 0.2) is 12.6 Å². The van der Waals surface area contributed by atoms with Crippen LogP contribution in [0, 0.1) is 11.8 Å². The van der Waals surface area contributed by atoms with Gasteiger partial charge in [0.1, 0.15) is 0 Å². The van der Waals surface area contributed by atoms with Gasteiger partial charge < -0.3 is 18.9 Å². The molecule has 0 unspecified atom stereocenters. The average molecular weight is 284 g/mol. The summed E-state index contributed by atoms with van der Waals surface area (Å²) >= 11 is 0. The molecule has 2 heterocycles. The molecule has 0 atom stereocenters. The number of hydrogen-bond acceptors (Lipinski definition) is 4. The second-order valence-electron chi connectivity index (χ2n) is 5.71. The van der Waals surface area contributed by atoms with Gasteiger partial charge in [-0.25, -0.2) is 0 Å². The lowest BCUT2D eigenvalue weighted by molar-refractivity contribution is -0.215. The van der Waals surface area contributed by atoms with E-state index in [1.807, 2.05) is 6.92 Å². The number of allylic oxidation sites excluding steroid dienone is 1. The highest BCUT2D eigenvalue weighted by Gasteiger charge is 2.25. The first-order chi connectivity index (χ1) is 9.81. The number of ether oxygens (including phenoxy) is 4. The van der Waals surface area contributed by atoms with Gasteiger partial charge in [-0.05, 0) is 26.2 Å². The van der Waals surface area contributed by atoms with Crippen molar-refractivity contribution in [2.75, 3.05) is 26.4 Å². The Morgan fingerprint density at radius 1 is 0.850 bits per heavy atom. The fraction of sp³-hybridized carbons (Fsp3) is 0.875. The van der Waals surface area contributed by atoms with E-state index in [1.165, 1.54) is 0 Å². The highest BCUT2D eigenvalue weighted by molar-refractivity contribution is 4.86. The second-order valence-corrected chi connectivity index (χ2v) is 5.71. The van der Waals surface area contributed by atoms with Crippen LogP contribution in [0.15, 0.2) is 12.2 Å². The maximum atomic E-state index is 5.74. The van der Waals surface area contributed by atoms with E-state index in [1.54, 1.807) is 0 Å². The van der Waals surface area contributed by atoms with Crippen molar-refractivity contribution in [1.82, 2.24) is 0 Å². The van der Waals surface area contributed by atoms with Crippen molar-refractivity contribution in [3.8, 4) is 0 Å². The lowest BCUT2D eigenvalue weighted by atomic mass is 10.0. The standard InChI is InChI=1S/C16H28O4/c1-3-5-13-9-19-16(20-10-13)8-7-14-11-17-15(6-4-2)18-12-14/h3,5,13-16H,4,6-12H2,1-2H3. The van der Waals surface area contributed by atoms with E-state index in [4.69, 9.17) is 18.9 Å². The van der Waals surface area contributed by atoms with Crippen LogP contribution in [0.25, 0.3) is 0 Å². The molecule has 116 valence electrons. The summed E-state index contributed by atoms with van der Waals surface area (Å²) in [5, 5.41) is 0. The zero-order chi connectivity index (χ0) is 14.2. The Labute approximate surface area is 122 Å². The van der Waals surface area contributed by atoms with E-state index < -0.39 is 0 Å². The summed E-state index contributed by atoms with van der Waals surface area (Å²) in [4.78, 5) is 0. The Bertz CT molecular complexity index is 276. The van der Waals surface area contributed by atoms with Crippen LogP contribution < -0.4 is 0 Å². The molecule has 0 saturated carbocycles. The van der Waals surface area contributed by atoms with Crippen molar-refractivity contribution in [3.05, 3.63) is 12.2 Å². The molecule has 0 aromatic rings. The number of rotatable bonds is 6. The quantitative estimate of drug-likeness (QED) is 0.702. The highest BCUT2D eigenvalue weighted by atomic mass is 16.7. The lowest BCUT2D eigenvalue weighted by Crippen LogP contribution is -2.34. The van der Waals surface area contributed by atoms with Crippen LogP contribution in [0.5, 0.6) is 0 Å². The van der Waals surface area contributed by atoms with E-state index in [0.717, 1.165) is 52.1 Å². The summed E-state index contributed by atoms with van der Waals surface area (Å²) in [6.07, 6.45) is 8.23. The first-order valence-electron chi connectivity index (χ1n) is 7.91. The highest BCUT2D eigenvalue weighted by Crippen LogP contribution is 2.22. The molecule has 0 amide bonds. The second kappa shape index (κ2) is 8.78. The minimum Gasteiger partial charge on any atom is -0.352 e. The lowest BCUT2D eigenvalue weighted by Gasteiger charge is -2.32. The van der Waals surface area contributed by atoms with Gasteiger partial charge >= 0.3 is 0 Å². The fourth-order valence-electron chi connectivity index (χ4n) is 2.63. The molecule has 2 fully saturated rings. The molecule has 4 nitrogen and oxygen atoms in total. The zero-order valence-electron chi connectivity index (χ0n) is 12.8. The Morgan fingerprint density at radius 2 is 1.45 bits per heavy atom. The van der Waals surface area contributed by atoms with Crippen LogP contribution in [-0.2, 0) is 18.9 Å². The molecule has 0 spiro atoms. The minimum atomic E-state index is -0.0510. The van der Waals surface area contributed by atoms with Gasteiger partial charge in [-0.15, -0.1) is 0 Å². The third-order valence-corrected chi connectivity index (χ3v) is 3.83. The predicted octanol–water partition coefficient (Wildman–Crippen LogP) is 3.12. The normalized spacial score (nSPS) is 35.5. The van der Waals surface area contributed by atoms with Crippen LogP contribution in [0.1, 0.15) is 39.5 Å². The molecule has 0 aromatic heterocycles. The van der Waals surface area contributed by atoms with Gasteiger partial charge in [0.25, 0.3) is 0 Å². The molecule has 2 rings (SSSR count). The van der Waals surface area contributed by atoms with E-state index >= 15 is 0 Å². The van der Waals surface area contributed by atoms with E-state index in [2.05, 4.69) is 19.1 Å². The average Bonchev–Trinajstić information content (AvgIpc) is 2.49. The SMILES string of the molecule is CC=CC1COC(CCC2COC(CCC)OC2)OC1. The van der Waals surface area contributed by atoms with Crippen molar-refractivity contribution in [1.29, 1.82) is 0 Å². The summed E-state index contributed by atoms with van der Waals surface area (Å²) in [5.41, 5.74) is 0. The Hall–Kier alpha value is -0.420. The maximum absolute atomic E-state index is 5.74. The third kappa shape index (κ3) is 5.17. The first kappa shape index (κ1) is 16.0. The summed E-state index contributed by atoms with van der Waals surface area (Å²) in [5.74, 6) is 0.885. The van der Waals surface area contributed by atoms with Gasteiger partial charge in [-0.3, -0.25) is 0 Å². The van der Waals surface area contributed by atoms with Crippen molar-refractivity contribution in [2.24, 2.45) is 11.8 Å². The molecule has 0 radical (unpaired) electrons. The Morgan fingerprint density at radius 3 is 2.05 bits per heavy atom. The van der Waals surface area contributed by atoms with Gasteiger partial charge in [0, 0.05) is 11.8 Å². The maximum Gasteiger partial charge on any atom is 0.157 e. The molecule has 2 aliphatic rings. The van der Waals surface area contributed by atoms with Crippen LogP contribution in [0.3, 0.4) is 0 Å². The van der Waals surface area contributed by atoms with Crippen LogP contribution in [-0.4, -0.2) is 39.0 Å². The Kier molecular flexibility index (Phi) is 7.00. The minimum absolute atomic E-state index is 0.0139. The molecular formula is C16H28O4. The summed E-state index contributed by atoms with van der Waals surface area (Å²) < 4.78 is 22.9. The molecule has 0 aliphatic carbocycles. The largest absolute Gasteiger partial charge is 0.352 e. The van der Waals surface area contributed by atoms with Crippen LogP contribution >= 0.6 is 0 Å². The van der Waals surface area contributed by atoms with Crippen molar-refractivity contribution < 1.29 is 18.9 Å². The summed E-state index contributed by atoms with van der Waals surface area (Å²) in [7, 11) is 0. The van der Waals surface area contributed by atoms with Crippen molar-refractivity contribution >= 4 is 0 Å². The fourth-order valence-corrected chi connectivity index (χ4v) is 2.63. The summed E-state index contributed by atoms with van der Waals surface area (Å²) in [6.45, 7) is 7.33. The van der Waals surface area contributed by atoms with Gasteiger partial charge in [0.05, 0.1) is 26.4 Å². The molecule has 2 aliphatic heterocycles. The van der Waals surface area contributed by atoms with E-state index in [-0.39, 0.29) is 12.6 Å². The van der Waals surface area contributed by atoms with E-state index in [0.29, 0.717) is 11.8 Å². The van der Waals surface area contributed by atoms with Crippen LogP contribution in [0.2, 0.25) is 0 Å². The van der Waals surface area contributed by atoms with Crippen molar-refractivity contribution in [3.63, 3.8) is 0 Å². The van der Waals surface area contributed by atoms with Gasteiger partial charge in [-0.2, -0.15) is 0 Å². The smallest absolute Gasteiger partial charge is 0.157 e. The molecule has 4 heteroatoms. The van der Waals surface area contributed by atoms with Crippen LogP contribution in [0.4, 0.5) is 0 Å². The molecule has 2 saturated heterocycles. The molecular weight excluding hydrogens is 256 g/mol. The molecule has 0 aromatic carbocycles. The van der Waals surface area contributed by atoms with E-state index in [9.17, 15) is 0 Å². The zero-order valence-corrected chi connectivity index (χ0v) is 12.8. The molecule has 0 N–H and O–H groups in total. The predicted molar refractivity (Wildman–Crippen MR) is 77.3 cm³/mol.